The van der Waals surface area contributed by atoms with E-state index in [1.54, 1.807) is 0 Å². The minimum Gasteiger partial charge on any atom is -0.399 e. The molecule has 0 amide bonds. The molecule has 6 heteroatoms. The molecule has 0 bridgehead atoms. The third-order valence-corrected chi connectivity index (χ3v) is 8.85. The van der Waals surface area contributed by atoms with E-state index in [0.717, 1.165) is 22.3 Å². The van der Waals surface area contributed by atoms with Crippen LogP contribution in [0.5, 0.6) is 0 Å². The number of aromatic nitrogens is 2. The summed E-state index contributed by atoms with van der Waals surface area (Å²) in [5, 5.41) is 4.85. The molecule has 0 N–H and O–H groups in total. The van der Waals surface area contributed by atoms with Gasteiger partial charge in [-0.1, -0.05) is 30.3 Å². The summed E-state index contributed by atoms with van der Waals surface area (Å²) in [5.41, 5.74) is 3.59. The minimum atomic E-state index is -0.371. The highest BCUT2D eigenvalue weighted by Crippen LogP contribution is 2.39. The summed E-state index contributed by atoms with van der Waals surface area (Å²) in [4.78, 5) is 4.75. The fourth-order valence-electron chi connectivity index (χ4n) is 5.11. The molecule has 1 fully saturated rings. The van der Waals surface area contributed by atoms with Crippen LogP contribution in [0, 0.1) is 0 Å². The highest BCUT2D eigenvalue weighted by molar-refractivity contribution is 7.25. The Bertz CT molecular complexity index is 1710. The van der Waals surface area contributed by atoms with Crippen molar-refractivity contribution in [3.63, 3.8) is 0 Å². The molecule has 6 aromatic rings. The first-order valence-electron chi connectivity index (χ1n) is 12.0. The molecule has 1 aliphatic heterocycles. The monoisotopic (exact) mass is 476 g/mol. The standard InChI is InChI=1S/C29H25BN2O2S/c1-28(2)29(3,4)34-30(33-28)18-11-13-25-22(16-18)23-17-19(12-14-26(23)35-25)32-24-10-6-5-8-20(24)21-9-7-15-31-27(21)32/h5-17H,1-4H3. The van der Waals surface area contributed by atoms with Crippen LogP contribution in [0.15, 0.2) is 79.0 Å². The molecule has 3 aromatic carbocycles. The van der Waals surface area contributed by atoms with Gasteiger partial charge in [-0.3, -0.25) is 4.57 Å². The number of benzene rings is 3. The van der Waals surface area contributed by atoms with E-state index in [1.165, 1.54) is 30.9 Å². The van der Waals surface area contributed by atoms with Crippen molar-refractivity contribution in [1.82, 2.24) is 9.55 Å². The van der Waals surface area contributed by atoms with E-state index in [9.17, 15) is 0 Å². The molecule has 0 saturated carbocycles. The van der Waals surface area contributed by atoms with Crippen LogP contribution in [0.4, 0.5) is 0 Å². The van der Waals surface area contributed by atoms with Gasteiger partial charge in [0, 0.05) is 42.8 Å². The molecule has 1 saturated heterocycles. The Morgan fingerprint density at radius 2 is 1.43 bits per heavy atom. The van der Waals surface area contributed by atoms with Crippen LogP contribution in [0.3, 0.4) is 0 Å². The molecule has 4 heterocycles. The lowest BCUT2D eigenvalue weighted by atomic mass is 9.78. The molecule has 172 valence electrons. The maximum Gasteiger partial charge on any atom is 0.494 e. The maximum atomic E-state index is 6.34. The van der Waals surface area contributed by atoms with Crippen molar-refractivity contribution in [3.8, 4) is 5.69 Å². The summed E-state index contributed by atoms with van der Waals surface area (Å²) in [5.74, 6) is 0. The quantitative estimate of drug-likeness (QED) is 0.257. The first kappa shape index (κ1) is 21.1. The topological polar surface area (TPSA) is 36.3 Å². The average Bonchev–Trinajstić information content (AvgIpc) is 3.45. The fraction of sp³-hybridized carbons (Fsp3) is 0.207. The number of nitrogens with zero attached hydrogens (tertiary/aromatic N) is 2. The van der Waals surface area contributed by atoms with Crippen LogP contribution in [0.1, 0.15) is 27.7 Å². The molecule has 0 aliphatic carbocycles. The number of hydrogen-bond acceptors (Lipinski definition) is 4. The third-order valence-electron chi connectivity index (χ3n) is 7.69. The second-order valence-electron chi connectivity index (χ2n) is 10.4. The zero-order chi connectivity index (χ0) is 23.9. The predicted molar refractivity (Wildman–Crippen MR) is 147 cm³/mol. The van der Waals surface area contributed by atoms with Gasteiger partial charge in [0.15, 0.2) is 0 Å². The van der Waals surface area contributed by atoms with Gasteiger partial charge in [0.2, 0.25) is 0 Å². The number of rotatable bonds is 2. The molecule has 0 unspecified atom stereocenters. The zero-order valence-electron chi connectivity index (χ0n) is 20.2. The molecule has 35 heavy (non-hydrogen) atoms. The molecule has 3 aromatic heterocycles. The van der Waals surface area contributed by atoms with Crippen molar-refractivity contribution in [2.24, 2.45) is 0 Å². The zero-order valence-corrected chi connectivity index (χ0v) is 21.0. The first-order valence-corrected chi connectivity index (χ1v) is 12.8. The Hall–Kier alpha value is -3.19. The molecule has 7 rings (SSSR count). The highest BCUT2D eigenvalue weighted by atomic mass is 32.1. The molecular formula is C29H25BN2O2S. The molecule has 0 spiro atoms. The Kier molecular flexibility index (Phi) is 4.33. The summed E-state index contributed by atoms with van der Waals surface area (Å²) in [6, 6.07) is 26.0. The van der Waals surface area contributed by atoms with E-state index < -0.39 is 0 Å². The van der Waals surface area contributed by atoms with Crippen LogP contribution in [-0.2, 0) is 9.31 Å². The normalized spacial score (nSPS) is 17.3. The number of thiophene rings is 1. The van der Waals surface area contributed by atoms with E-state index in [1.807, 2.05) is 23.6 Å². The van der Waals surface area contributed by atoms with Gasteiger partial charge >= 0.3 is 7.12 Å². The Morgan fingerprint density at radius 1 is 0.743 bits per heavy atom. The van der Waals surface area contributed by atoms with Crippen LogP contribution >= 0.6 is 11.3 Å². The number of para-hydroxylation sites is 1. The molecular weight excluding hydrogens is 451 g/mol. The van der Waals surface area contributed by atoms with Gasteiger partial charge in [-0.05, 0) is 75.6 Å². The van der Waals surface area contributed by atoms with Gasteiger partial charge in [0.05, 0.1) is 16.7 Å². The number of fused-ring (bicyclic) bond motifs is 6. The largest absolute Gasteiger partial charge is 0.494 e. The Labute approximate surface area is 208 Å². The lowest BCUT2D eigenvalue weighted by Gasteiger charge is -2.32. The van der Waals surface area contributed by atoms with Crippen molar-refractivity contribution in [2.75, 3.05) is 0 Å². The van der Waals surface area contributed by atoms with Crippen LogP contribution in [-0.4, -0.2) is 27.9 Å². The molecule has 0 atom stereocenters. The second-order valence-corrected chi connectivity index (χ2v) is 11.4. The molecule has 0 radical (unpaired) electrons. The van der Waals surface area contributed by atoms with Gasteiger partial charge < -0.3 is 9.31 Å². The summed E-state index contributed by atoms with van der Waals surface area (Å²) >= 11 is 1.82. The molecule has 4 nitrogen and oxygen atoms in total. The first-order chi connectivity index (χ1) is 16.8. The average molecular weight is 476 g/mol. The number of hydrogen-bond donors (Lipinski definition) is 0. The van der Waals surface area contributed by atoms with Crippen LogP contribution in [0.25, 0.3) is 47.8 Å². The van der Waals surface area contributed by atoms with Crippen molar-refractivity contribution in [3.05, 3.63) is 79.0 Å². The van der Waals surface area contributed by atoms with Gasteiger partial charge in [0.1, 0.15) is 5.65 Å². The molecule has 1 aliphatic rings. The summed E-state index contributed by atoms with van der Waals surface area (Å²) in [6.07, 6.45) is 1.87. The van der Waals surface area contributed by atoms with Crippen LogP contribution < -0.4 is 5.46 Å². The van der Waals surface area contributed by atoms with Crippen molar-refractivity contribution in [2.45, 2.75) is 38.9 Å². The fourth-order valence-corrected chi connectivity index (χ4v) is 6.17. The minimum absolute atomic E-state index is 0.361. The predicted octanol–water partition coefficient (Wildman–Crippen LogP) is 6.85. The summed E-state index contributed by atoms with van der Waals surface area (Å²) in [7, 11) is -0.371. The Morgan fingerprint density at radius 3 is 2.23 bits per heavy atom. The van der Waals surface area contributed by atoms with Crippen LogP contribution in [0.2, 0.25) is 0 Å². The smallest absolute Gasteiger partial charge is 0.399 e. The van der Waals surface area contributed by atoms with Gasteiger partial charge in [0.25, 0.3) is 0 Å². The van der Waals surface area contributed by atoms with Gasteiger partial charge in [-0.25, -0.2) is 4.98 Å². The lowest BCUT2D eigenvalue weighted by Crippen LogP contribution is -2.41. The van der Waals surface area contributed by atoms with Crippen molar-refractivity contribution >= 4 is 66.0 Å². The van der Waals surface area contributed by atoms with Crippen molar-refractivity contribution < 1.29 is 9.31 Å². The summed E-state index contributed by atoms with van der Waals surface area (Å²) < 4.78 is 17.5. The summed E-state index contributed by atoms with van der Waals surface area (Å²) in [6.45, 7) is 8.38. The number of pyridine rings is 1. The third kappa shape index (κ3) is 3.04. The Balaban J connectivity index is 1.42. The second kappa shape index (κ2) is 7.17. The van der Waals surface area contributed by atoms with E-state index in [-0.39, 0.29) is 18.3 Å². The van der Waals surface area contributed by atoms with E-state index in [2.05, 4.69) is 99.0 Å². The van der Waals surface area contributed by atoms with Gasteiger partial charge in [-0.15, -0.1) is 11.3 Å². The SMILES string of the molecule is CC1(C)OB(c2ccc3sc4ccc(-n5c6ccccc6c6cccnc65)cc4c3c2)OC1(C)C. The van der Waals surface area contributed by atoms with Gasteiger partial charge in [-0.2, -0.15) is 0 Å². The highest BCUT2D eigenvalue weighted by Gasteiger charge is 2.51. The van der Waals surface area contributed by atoms with E-state index in [4.69, 9.17) is 14.3 Å². The van der Waals surface area contributed by atoms with E-state index in [0.29, 0.717) is 0 Å². The maximum absolute atomic E-state index is 6.34. The van der Waals surface area contributed by atoms with Crippen molar-refractivity contribution in [1.29, 1.82) is 0 Å². The lowest BCUT2D eigenvalue weighted by molar-refractivity contribution is 0.00578. The van der Waals surface area contributed by atoms with E-state index >= 15 is 0 Å².